The van der Waals surface area contributed by atoms with Crippen LogP contribution in [0.2, 0.25) is 0 Å². The number of halogens is 1. The third-order valence-corrected chi connectivity index (χ3v) is 1.68. The Morgan fingerprint density at radius 2 is 2.09 bits per heavy atom. The maximum Gasteiger partial charge on any atom is 0.307 e. The van der Waals surface area contributed by atoms with Gasteiger partial charge in [-0.2, -0.15) is 0 Å². The monoisotopic (exact) mass is 178 g/mol. The summed E-state index contributed by atoms with van der Waals surface area (Å²) < 4.78 is 4.48. The van der Waals surface area contributed by atoms with Gasteiger partial charge in [-0.1, -0.05) is 13.8 Å². The molecular formula is C8H15ClO2. The third kappa shape index (κ3) is 6.17. The second kappa shape index (κ2) is 5.42. The molecule has 1 atom stereocenters. The Hall–Kier alpha value is -0.240. The third-order valence-electron chi connectivity index (χ3n) is 1.34. The molecular weight excluding hydrogens is 164 g/mol. The zero-order valence-corrected chi connectivity index (χ0v) is 8.02. The number of hydrogen-bond acceptors (Lipinski definition) is 2. The molecule has 0 aromatic carbocycles. The smallest absolute Gasteiger partial charge is 0.307 e. The van der Waals surface area contributed by atoms with Crippen LogP contribution in [0.5, 0.6) is 0 Å². The van der Waals surface area contributed by atoms with Gasteiger partial charge in [-0.15, -0.1) is 11.6 Å². The van der Waals surface area contributed by atoms with Gasteiger partial charge in [0.1, 0.15) is 0 Å². The molecule has 0 bridgehead atoms. The highest BCUT2D eigenvalue weighted by Gasteiger charge is 2.12. The van der Waals surface area contributed by atoms with Crippen LogP contribution in [-0.2, 0) is 9.53 Å². The molecule has 0 aliphatic heterocycles. The van der Waals surface area contributed by atoms with Gasteiger partial charge in [0.05, 0.1) is 13.5 Å². The van der Waals surface area contributed by atoms with Crippen molar-refractivity contribution in [1.29, 1.82) is 0 Å². The number of ether oxygens (including phenoxy) is 1. The average Bonchev–Trinajstić information content (AvgIpc) is 1.85. The van der Waals surface area contributed by atoms with Gasteiger partial charge < -0.3 is 4.74 Å². The van der Waals surface area contributed by atoms with Gasteiger partial charge in [0, 0.05) is 5.38 Å². The molecule has 0 aromatic heterocycles. The summed E-state index contributed by atoms with van der Waals surface area (Å²) in [5.74, 6) is 0.299. The van der Waals surface area contributed by atoms with Crippen LogP contribution in [0.25, 0.3) is 0 Å². The topological polar surface area (TPSA) is 26.3 Å². The molecule has 0 aromatic rings. The Morgan fingerprint density at radius 3 is 2.45 bits per heavy atom. The van der Waals surface area contributed by atoms with E-state index in [9.17, 15) is 4.79 Å². The van der Waals surface area contributed by atoms with Crippen molar-refractivity contribution in [1.82, 2.24) is 0 Å². The highest BCUT2D eigenvalue weighted by atomic mass is 35.5. The largest absolute Gasteiger partial charge is 0.469 e. The van der Waals surface area contributed by atoms with Gasteiger partial charge in [0.15, 0.2) is 0 Å². The van der Waals surface area contributed by atoms with Crippen LogP contribution >= 0.6 is 11.6 Å². The van der Waals surface area contributed by atoms with Gasteiger partial charge in [0.2, 0.25) is 0 Å². The quantitative estimate of drug-likeness (QED) is 0.488. The van der Waals surface area contributed by atoms with E-state index >= 15 is 0 Å². The Labute approximate surface area is 72.9 Å². The van der Waals surface area contributed by atoms with E-state index in [1.165, 1.54) is 7.11 Å². The van der Waals surface area contributed by atoms with Crippen molar-refractivity contribution in [3.8, 4) is 0 Å². The summed E-state index contributed by atoms with van der Waals surface area (Å²) in [5.41, 5.74) is 0. The number of methoxy groups -OCH3 is 1. The lowest BCUT2D eigenvalue weighted by atomic mass is 10.1. The fraction of sp³-hybridized carbons (Fsp3) is 0.875. The molecule has 0 unspecified atom stereocenters. The molecule has 0 fully saturated rings. The minimum atomic E-state index is -0.231. The molecule has 2 nitrogen and oxygen atoms in total. The molecule has 0 heterocycles. The Morgan fingerprint density at radius 1 is 1.55 bits per heavy atom. The lowest BCUT2D eigenvalue weighted by Gasteiger charge is -2.09. The molecule has 66 valence electrons. The number of rotatable bonds is 4. The first-order chi connectivity index (χ1) is 5.06. The van der Waals surface area contributed by atoms with E-state index in [1.54, 1.807) is 0 Å². The number of esters is 1. The predicted octanol–water partition coefficient (Wildman–Crippen LogP) is 2.20. The van der Waals surface area contributed by atoms with E-state index < -0.39 is 0 Å². The van der Waals surface area contributed by atoms with Crippen LogP contribution in [0.1, 0.15) is 26.7 Å². The summed E-state index contributed by atoms with van der Waals surface area (Å²) in [6.07, 6.45) is 1.17. The summed E-state index contributed by atoms with van der Waals surface area (Å²) in [4.78, 5) is 10.7. The van der Waals surface area contributed by atoms with Gasteiger partial charge in [-0.25, -0.2) is 0 Å². The molecule has 0 spiro atoms. The number of carbonyl (C=O) groups is 1. The van der Waals surface area contributed by atoms with E-state index in [0.717, 1.165) is 6.42 Å². The Kier molecular flexibility index (Phi) is 5.30. The molecule has 11 heavy (non-hydrogen) atoms. The van der Waals surface area contributed by atoms with Crippen molar-refractivity contribution in [2.24, 2.45) is 5.92 Å². The first kappa shape index (κ1) is 10.8. The fourth-order valence-corrected chi connectivity index (χ4v) is 1.34. The van der Waals surface area contributed by atoms with Gasteiger partial charge in [-0.05, 0) is 12.3 Å². The Bertz CT molecular complexity index is 123. The second-order valence-electron chi connectivity index (χ2n) is 3.01. The maximum atomic E-state index is 10.7. The maximum absolute atomic E-state index is 10.7. The predicted molar refractivity (Wildman–Crippen MR) is 45.7 cm³/mol. The summed E-state index contributed by atoms with van der Waals surface area (Å²) in [6.45, 7) is 4.15. The first-order valence-electron chi connectivity index (χ1n) is 3.77. The molecule has 0 aliphatic carbocycles. The molecule has 0 amide bonds. The van der Waals surface area contributed by atoms with Crippen molar-refractivity contribution in [3.63, 3.8) is 0 Å². The summed E-state index contributed by atoms with van der Waals surface area (Å²) in [7, 11) is 1.38. The van der Waals surface area contributed by atoms with Crippen molar-refractivity contribution in [2.75, 3.05) is 7.11 Å². The van der Waals surface area contributed by atoms with Crippen LogP contribution in [-0.4, -0.2) is 18.5 Å². The van der Waals surface area contributed by atoms with Crippen molar-refractivity contribution < 1.29 is 9.53 Å². The van der Waals surface area contributed by atoms with E-state index in [2.05, 4.69) is 18.6 Å². The lowest BCUT2D eigenvalue weighted by molar-refractivity contribution is -0.140. The minimum absolute atomic E-state index is 0.0811. The number of alkyl halides is 1. The van der Waals surface area contributed by atoms with Crippen LogP contribution < -0.4 is 0 Å². The number of hydrogen-bond donors (Lipinski definition) is 0. The fourth-order valence-electron chi connectivity index (χ4n) is 0.859. The highest BCUT2D eigenvalue weighted by Crippen LogP contribution is 2.14. The van der Waals surface area contributed by atoms with Crippen molar-refractivity contribution >= 4 is 17.6 Å². The van der Waals surface area contributed by atoms with Crippen LogP contribution in [0.3, 0.4) is 0 Å². The van der Waals surface area contributed by atoms with Crippen molar-refractivity contribution in [3.05, 3.63) is 0 Å². The molecule has 0 rings (SSSR count). The van der Waals surface area contributed by atoms with E-state index in [-0.39, 0.29) is 11.3 Å². The minimum Gasteiger partial charge on any atom is -0.469 e. The van der Waals surface area contributed by atoms with Crippen molar-refractivity contribution in [2.45, 2.75) is 32.1 Å². The lowest BCUT2D eigenvalue weighted by Crippen LogP contribution is -2.11. The summed E-state index contributed by atoms with van der Waals surface area (Å²) in [6, 6.07) is 0. The van der Waals surface area contributed by atoms with E-state index in [0.29, 0.717) is 12.3 Å². The van der Waals surface area contributed by atoms with Crippen LogP contribution in [0.4, 0.5) is 0 Å². The Balaban J connectivity index is 3.51. The zero-order chi connectivity index (χ0) is 8.85. The average molecular weight is 179 g/mol. The molecule has 3 heteroatoms. The molecule has 0 aliphatic rings. The zero-order valence-electron chi connectivity index (χ0n) is 7.26. The van der Waals surface area contributed by atoms with Gasteiger partial charge in [-0.3, -0.25) is 4.79 Å². The summed E-state index contributed by atoms with van der Waals surface area (Å²) in [5, 5.41) is -0.0811. The number of carbonyl (C=O) groups excluding carboxylic acids is 1. The normalized spacial score (nSPS) is 13.2. The van der Waals surface area contributed by atoms with E-state index in [1.807, 2.05) is 0 Å². The highest BCUT2D eigenvalue weighted by molar-refractivity contribution is 6.21. The molecule has 0 saturated carbocycles. The van der Waals surface area contributed by atoms with Gasteiger partial charge >= 0.3 is 5.97 Å². The van der Waals surface area contributed by atoms with Gasteiger partial charge in [0.25, 0.3) is 0 Å². The van der Waals surface area contributed by atoms with Crippen LogP contribution in [0.15, 0.2) is 0 Å². The second-order valence-corrected chi connectivity index (χ2v) is 3.62. The van der Waals surface area contributed by atoms with E-state index in [4.69, 9.17) is 11.6 Å². The van der Waals surface area contributed by atoms with Crippen LogP contribution in [0, 0.1) is 5.92 Å². The SMILES string of the molecule is COC(=O)C[C@@H](Cl)CC(C)C. The summed E-state index contributed by atoms with van der Waals surface area (Å²) >= 11 is 5.85. The molecule has 0 saturated heterocycles. The molecule has 0 radical (unpaired) electrons. The standard InChI is InChI=1S/C8H15ClO2/c1-6(2)4-7(9)5-8(10)11-3/h6-7H,4-5H2,1-3H3/t7-/m0/s1. The molecule has 0 N–H and O–H groups in total. The first-order valence-corrected chi connectivity index (χ1v) is 4.20.